The average Bonchev–Trinajstić information content (AvgIpc) is 2.72. The molecule has 0 unspecified atom stereocenters. The quantitative estimate of drug-likeness (QED) is 0.773. The summed E-state index contributed by atoms with van der Waals surface area (Å²) in [5, 5.41) is 2.98. The van der Waals surface area contributed by atoms with Crippen molar-refractivity contribution in [2.45, 2.75) is 6.54 Å². The number of carbonyl (C=O) groups is 1. The van der Waals surface area contributed by atoms with Crippen LogP contribution in [0.25, 0.3) is 11.0 Å². The van der Waals surface area contributed by atoms with Gasteiger partial charge in [0.1, 0.15) is 0 Å². The van der Waals surface area contributed by atoms with Gasteiger partial charge in [-0.15, -0.1) is 0 Å². The van der Waals surface area contributed by atoms with E-state index in [1.807, 2.05) is 6.07 Å². The maximum Gasteiger partial charge on any atom is 0.251 e. The summed E-state index contributed by atoms with van der Waals surface area (Å²) in [5.74, 6) is -0.106. The van der Waals surface area contributed by atoms with Crippen LogP contribution < -0.4 is 10.2 Å². The van der Waals surface area contributed by atoms with Crippen molar-refractivity contribution in [3.8, 4) is 0 Å². The molecule has 6 heteroatoms. The molecule has 1 amide bonds. The molecule has 1 saturated heterocycles. The number of likely N-dealkylation sites (N-methyl/N-ethyl adjacent to an activating group) is 1. The number of rotatable bonds is 4. The van der Waals surface area contributed by atoms with Gasteiger partial charge < -0.3 is 15.1 Å². The van der Waals surface area contributed by atoms with Gasteiger partial charge in [0.05, 0.1) is 11.0 Å². The Labute approximate surface area is 158 Å². The van der Waals surface area contributed by atoms with Crippen molar-refractivity contribution in [3.05, 3.63) is 66.0 Å². The molecule has 2 heterocycles. The smallest absolute Gasteiger partial charge is 0.251 e. The second-order valence-electron chi connectivity index (χ2n) is 6.90. The van der Waals surface area contributed by atoms with Gasteiger partial charge in [0.2, 0.25) is 0 Å². The van der Waals surface area contributed by atoms with Crippen molar-refractivity contribution in [1.29, 1.82) is 0 Å². The molecule has 1 N–H and O–H groups in total. The molecule has 6 nitrogen and oxygen atoms in total. The van der Waals surface area contributed by atoms with E-state index >= 15 is 0 Å². The molecular weight excluding hydrogens is 338 g/mol. The van der Waals surface area contributed by atoms with Crippen molar-refractivity contribution >= 4 is 22.6 Å². The molecule has 2 aromatic carbocycles. The highest BCUT2D eigenvalue weighted by Crippen LogP contribution is 2.17. The summed E-state index contributed by atoms with van der Waals surface area (Å²) in [6.07, 6.45) is 3.28. The molecule has 1 aliphatic rings. The second kappa shape index (κ2) is 7.72. The molecular formula is C21H23N5O. The lowest BCUT2D eigenvalue weighted by molar-refractivity contribution is 0.0951. The van der Waals surface area contributed by atoms with E-state index in [1.54, 1.807) is 24.5 Å². The Morgan fingerprint density at radius 1 is 0.963 bits per heavy atom. The second-order valence-corrected chi connectivity index (χ2v) is 6.90. The molecule has 0 aliphatic carbocycles. The molecule has 1 aromatic heterocycles. The van der Waals surface area contributed by atoms with Gasteiger partial charge in [-0.1, -0.05) is 12.1 Å². The SMILES string of the molecule is CN1CCN(c2ccc(CNC(=O)c3ccc4nccnc4c3)cc2)CC1. The fourth-order valence-electron chi connectivity index (χ4n) is 3.28. The lowest BCUT2D eigenvalue weighted by atomic mass is 10.1. The molecule has 4 rings (SSSR count). The molecule has 0 saturated carbocycles. The summed E-state index contributed by atoms with van der Waals surface area (Å²) in [6, 6.07) is 13.8. The monoisotopic (exact) mass is 361 g/mol. The minimum atomic E-state index is -0.106. The van der Waals surface area contributed by atoms with Gasteiger partial charge in [0, 0.05) is 56.4 Å². The molecule has 1 aliphatic heterocycles. The maximum atomic E-state index is 12.4. The van der Waals surface area contributed by atoms with Crippen LogP contribution in [-0.2, 0) is 6.54 Å². The summed E-state index contributed by atoms with van der Waals surface area (Å²) in [7, 11) is 2.16. The largest absolute Gasteiger partial charge is 0.369 e. The molecule has 0 radical (unpaired) electrons. The van der Waals surface area contributed by atoms with Crippen LogP contribution in [0, 0.1) is 0 Å². The standard InChI is InChI=1S/C21H23N5O/c1-25-10-12-26(13-11-25)18-5-2-16(3-6-18)15-24-21(27)17-4-7-19-20(14-17)23-9-8-22-19/h2-9,14H,10-13,15H2,1H3,(H,24,27). The van der Waals surface area contributed by atoms with E-state index in [4.69, 9.17) is 0 Å². The van der Waals surface area contributed by atoms with Crippen molar-refractivity contribution in [2.75, 3.05) is 38.1 Å². The summed E-state index contributed by atoms with van der Waals surface area (Å²) in [4.78, 5) is 25.7. The first-order chi connectivity index (χ1) is 13.2. The Balaban J connectivity index is 1.37. The van der Waals surface area contributed by atoms with Crippen molar-refractivity contribution in [3.63, 3.8) is 0 Å². The fraction of sp³-hybridized carbons (Fsp3) is 0.286. The Hall–Kier alpha value is -2.99. The van der Waals surface area contributed by atoms with Crippen molar-refractivity contribution < 1.29 is 4.79 Å². The predicted molar refractivity (Wildman–Crippen MR) is 107 cm³/mol. The van der Waals surface area contributed by atoms with Crippen LogP contribution in [-0.4, -0.2) is 54.0 Å². The van der Waals surface area contributed by atoms with Gasteiger partial charge in [-0.2, -0.15) is 0 Å². The zero-order valence-corrected chi connectivity index (χ0v) is 15.4. The Kier molecular flexibility index (Phi) is 4.98. The molecule has 1 fully saturated rings. The molecule has 0 spiro atoms. The highest BCUT2D eigenvalue weighted by Gasteiger charge is 2.14. The number of aromatic nitrogens is 2. The van der Waals surface area contributed by atoms with Crippen LogP contribution in [0.1, 0.15) is 15.9 Å². The van der Waals surface area contributed by atoms with Crippen LogP contribution in [0.5, 0.6) is 0 Å². The highest BCUT2D eigenvalue weighted by molar-refractivity contribution is 5.97. The number of hydrogen-bond donors (Lipinski definition) is 1. The number of hydrogen-bond acceptors (Lipinski definition) is 5. The minimum Gasteiger partial charge on any atom is -0.369 e. The van der Waals surface area contributed by atoms with E-state index in [0.717, 1.165) is 42.8 Å². The van der Waals surface area contributed by atoms with Crippen LogP contribution >= 0.6 is 0 Å². The number of anilines is 1. The topological polar surface area (TPSA) is 61.4 Å². The maximum absolute atomic E-state index is 12.4. The van der Waals surface area contributed by atoms with Gasteiger partial charge in [-0.25, -0.2) is 0 Å². The van der Waals surface area contributed by atoms with Crippen molar-refractivity contribution in [1.82, 2.24) is 20.2 Å². The number of carbonyl (C=O) groups excluding carboxylic acids is 1. The van der Waals surface area contributed by atoms with Gasteiger partial charge in [0.15, 0.2) is 0 Å². The van der Waals surface area contributed by atoms with E-state index in [1.165, 1.54) is 5.69 Å². The molecule has 0 bridgehead atoms. The Morgan fingerprint density at radius 3 is 2.41 bits per heavy atom. The minimum absolute atomic E-state index is 0.106. The zero-order valence-electron chi connectivity index (χ0n) is 15.4. The van der Waals surface area contributed by atoms with Gasteiger partial charge in [0.25, 0.3) is 5.91 Å². The van der Waals surface area contributed by atoms with E-state index in [0.29, 0.717) is 12.1 Å². The number of fused-ring (bicyclic) bond motifs is 1. The third-order valence-corrected chi connectivity index (χ3v) is 4.99. The van der Waals surface area contributed by atoms with E-state index in [-0.39, 0.29) is 5.91 Å². The number of nitrogens with one attached hydrogen (secondary N) is 1. The lowest BCUT2D eigenvalue weighted by Gasteiger charge is -2.34. The van der Waals surface area contributed by atoms with Crippen LogP contribution in [0.15, 0.2) is 54.9 Å². The van der Waals surface area contributed by atoms with Gasteiger partial charge in [-0.3, -0.25) is 14.8 Å². The summed E-state index contributed by atoms with van der Waals surface area (Å²) < 4.78 is 0. The lowest BCUT2D eigenvalue weighted by Crippen LogP contribution is -2.44. The highest BCUT2D eigenvalue weighted by atomic mass is 16.1. The van der Waals surface area contributed by atoms with Gasteiger partial charge >= 0.3 is 0 Å². The van der Waals surface area contributed by atoms with E-state index in [9.17, 15) is 4.79 Å². The number of amides is 1. The van der Waals surface area contributed by atoms with Crippen LogP contribution in [0.4, 0.5) is 5.69 Å². The summed E-state index contributed by atoms with van der Waals surface area (Å²) in [6.45, 7) is 4.79. The summed E-state index contributed by atoms with van der Waals surface area (Å²) in [5.41, 5.74) is 4.43. The van der Waals surface area contributed by atoms with Crippen LogP contribution in [0.3, 0.4) is 0 Å². The number of piperazine rings is 1. The first-order valence-corrected chi connectivity index (χ1v) is 9.20. The first-order valence-electron chi connectivity index (χ1n) is 9.20. The third kappa shape index (κ3) is 4.06. The predicted octanol–water partition coefficient (Wildman–Crippen LogP) is 2.31. The third-order valence-electron chi connectivity index (χ3n) is 4.99. The fourth-order valence-corrected chi connectivity index (χ4v) is 3.28. The van der Waals surface area contributed by atoms with Gasteiger partial charge in [-0.05, 0) is 42.9 Å². The first kappa shape index (κ1) is 17.4. The molecule has 27 heavy (non-hydrogen) atoms. The molecule has 138 valence electrons. The normalized spacial score (nSPS) is 15.1. The number of nitrogens with zero attached hydrogens (tertiary/aromatic N) is 4. The summed E-state index contributed by atoms with van der Waals surface area (Å²) >= 11 is 0. The average molecular weight is 361 g/mol. The van der Waals surface area contributed by atoms with E-state index < -0.39 is 0 Å². The zero-order chi connectivity index (χ0) is 18.6. The Bertz CT molecular complexity index is 933. The molecule has 0 atom stereocenters. The van der Waals surface area contributed by atoms with Crippen molar-refractivity contribution in [2.24, 2.45) is 0 Å². The number of benzene rings is 2. The van der Waals surface area contributed by atoms with Crippen LogP contribution in [0.2, 0.25) is 0 Å². The Morgan fingerprint density at radius 2 is 1.67 bits per heavy atom. The van der Waals surface area contributed by atoms with E-state index in [2.05, 4.69) is 56.4 Å². The molecule has 3 aromatic rings.